The second-order valence-electron chi connectivity index (χ2n) is 5.36. The molecule has 10 heteroatoms. The third kappa shape index (κ3) is 4.05. The fourth-order valence-electron chi connectivity index (χ4n) is 2.32. The zero-order valence-corrected chi connectivity index (χ0v) is 15.7. The largest absolute Gasteiger partial charge is 0.480 e. The van der Waals surface area contributed by atoms with Crippen molar-refractivity contribution in [2.24, 2.45) is 0 Å². The zero-order chi connectivity index (χ0) is 19.7. The first-order valence-corrected chi connectivity index (χ1v) is 8.96. The topological polar surface area (TPSA) is 108 Å². The Bertz CT molecular complexity index is 1010. The zero-order valence-electron chi connectivity index (χ0n) is 13.3. The molecule has 0 saturated carbocycles. The molecule has 3 rings (SSSR count). The van der Waals surface area contributed by atoms with Crippen LogP contribution in [0.5, 0.6) is 0 Å². The minimum atomic E-state index is -1.17. The standard InChI is InChI=1S/C17H10ClNO6S2/c18-11-3-1-8(16(23)24)5-10(11)12-4-2-9(25-12)6-13-15(22)19(7-14(20)21)17(26)27-13/h1-6H,7H2,(H,20,21)(H,23,24)/b13-6-. The van der Waals surface area contributed by atoms with Crippen LogP contribution in [0.2, 0.25) is 5.02 Å². The molecule has 0 atom stereocenters. The van der Waals surface area contributed by atoms with Gasteiger partial charge in [-0.25, -0.2) is 4.79 Å². The van der Waals surface area contributed by atoms with Crippen LogP contribution in [0.1, 0.15) is 16.1 Å². The van der Waals surface area contributed by atoms with Crippen molar-refractivity contribution in [3.63, 3.8) is 0 Å². The lowest BCUT2D eigenvalue weighted by Crippen LogP contribution is -2.33. The molecule has 0 spiro atoms. The van der Waals surface area contributed by atoms with E-state index in [-0.39, 0.29) is 14.8 Å². The molecule has 0 bridgehead atoms. The molecule has 0 aliphatic carbocycles. The van der Waals surface area contributed by atoms with Crippen LogP contribution < -0.4 is 0 Å². The molecule has 0 radical (unpaired) electrons. The molecular weight excluding hydrogens is 414 g/mol. The van der Waals surface area contributed by atoms with Gasteiger partial charge in [-0.05, 0) is 30.3 Å². The van der Waals surface area contributed by atoms with Crippen molar-refractivity contribution in [3.8, 4) is 11.3 Å². The van der Waals surface area contributed by atoms with E-state index in [1.807, 2.05) is 0 Å². The number of rotatable bonds is 5. The lowest BCUT2D eigenvalue weighted by Gasteiger charge is -2.09. The third-order valence-electron chi connectivity index (χ3n) is 3.55. The van der Waals surface area contributed by atoms with Gasteiger partial charge in [0.25, 0.3) is 5.91 Å². The Balaban J connectivity index is 1.89. The van der Waals surface area contributed by atoms with E-state index in [1.54, 1.807) is 12.1 Å². The second-order valence-corrected chi connectivity index (χ2v) is 7.45. The first-order chi connectivity index (χ1) is 12.8. The molecule has 0 unspecified atom stereocenters. The number of nitrogens with zero attached hydrogens (tertiary/aromatic N) is 1. The van der Waals surface area contributed by atoms with E-state index in [0.717, 1.165) is 16.7 Å². The number of carbonyl (C=O) groups excluding carboxylic acids is 1. The highest BCUT2D eigenvalue weighted by molar-refractivity contribution is 8.26. The first-order valence-electron chi connectivity index (χ1n) is 7.36. The van der Waals surface area contributed by atoms with Crippen LogP contribution in [-0.4, -0.2) is 43.8 Å². The quantitative estimate of drug-likeness (QED) is 0.555. The first kappa shape index (κ1) is 19.2. The van der Waals surface area contributed by atoms with Gasteiger partial charge in [0.1, 0.15) is 22.4 Å². The van der Waals surface area contributed by atoms with Gasteiger partial charge in [0.05, 0.1) is 15.5 Å². The van der Waals surface area contributed by atoms with E-state index in [9.17, 15) is 14.4 Å². The number of thiocarbonyl (C=S) groups is 1. The molecule has 7 nitrogen and oxygen atoms in total. The summed E-state index contributed by atoms with van der Waals surface area (Å²) in [6.45, 7) is -0.511. The van der Waals surface area contributed by atoms with Crippen LogP contribution in [0.25, 0.3) is 17.4 Å². The van der Waals surface area contributed by atoms with Gasteiger partial charge >= 0.3 is 11.9 Å². The van der Waals surface area contributed by atoms with Crippen LogP contribution in [0.3, 0.4) is 0 Å². The molecule has 1 saturated heterocycles. The summed E-state index contributed by atoms with van der Waals surface area (Å²) in [5, 5.41) is 18.3. The van der Waals surface area contributed by atoms with Crippen molar-refractivity contribution in [2.45, 2.75) is 0 Å². The average Bonchev–Trinajstić information content (AvgIpc) is 3.15. The fraction of sp³-hybridized carbons (Fsp3) is 0.0588. The third-order valence-corrected chi connectivity index (χ3v) is 5.25. The number of aromatic carboxylic acids is 1. The molecule has 2 heterocycles. The van der Waals surface area contributed by atoms with E-state index in [0.29, 0.717) is 22.1 Å². The van der Waals surface area contributed by atoms with E-state index in [2.05, 4.69) is 0 Å². The molecule has 1 fully saturated rings. The lowest BCUT2D eigenvalue weighted by molar-refractivity contribution is -0.140. The average molecular weight is 424 g/mol. The van der Waals surface area contributed by atoms with Crippen LogP contribution in [0, 0.1) is 0 Å². The van der Waals surface area contributed by atoms with Gasteiger partial charge < -0.3 is 14.6 Å². The van der Waals surface area contributed by atoms with Gasteiger partial charge in [-0.2, -0.15) is 0 Å². The highest BCUT2D eigenvalue weighted by atomic mass is 35.5. The molecule has 2 aromatic rings. The van der Waals surface area contributed by atoms with Crippen molar-refractivity contribution in [1.29, 1.82) is 0 Å². The molecule has 1 aromatic heterocycles. The monoisotopic (exact) mass is 423 g/mol. The van der Waals surface area contributed by atoms with E-state index >= 15 is 0 Å². The molecule has 27 heavy (non-hydrogen) atoms. The van der Waals surface area contributed by atoms with Crippen LogP contribution in [0.4, 0.5) is 0 Å². The predicted molar refractivity (Wildman–Crippen MR) is 104 cm³/mol. The summed E-state index contributed by atoms with van der Waals surface area (Å²) >= 11 is 12.1. The molecular formula is C17H10ClNO6S2. The summed E-state index contributed by atoms with van der Waals surface area (Å²) in [7, 11) is 0. The smallest absolute Gasteiger partial charge is 0.335 e. The van der Waals surface area contributed by atoms with Crippen LogP contribution in [-0.2, 0) is 9.59 Å². The number of carbonyl (C=O) groups is 3. The highest BCUT2D eigenvalue weighted by Gasteiger charge is 2.33. The highest BCUT2D eigenvalue weighted by Crippen LogP contribution is 2.35. The molecule has 138 valence electrons. The van der Waals surface area contributed by atoms with Gasteiger partial charge in [0, 0.05) is 11.6 Å². The van der Waals surface area contributed by atoms with E-state index in [1.165, 1.54) is 24.3 Å². The number of aliphatic carboxylic acids is 1. The maximum Gasteiger partial charge on any atom is 0.335 e. The maximum absolute atomic E-state index is 12.3. The minimum absolute atomic E-state index is 0.0573. The number of furan rings is 1. The van der Waals surface area contributed by atoms with Crippen molar-refractivity contribution in [1.82, 2.24) is 4.90 Å². The number of hydrogen-bond acceptors (Lipinski definition) is 6. The van der Waals surface area contributed by atoms with E-state index in [4.69, 9.17) is 38.4 Å². The predicted octanol–water partition coefficient (Wildman–Crippen LogP) is 3.58. The lowest BCUT2D eigenvalue weighted by atomic mass is 10.1. The maximum atomic E-state index is 12.3. The van der Waals surface area contributed by atoms with Crippen LogP contribution >= 0.6 is 35.6 Å². The summed E-state index contributed by atoms with van der Waals surface area (Å²) in [6.07, 6.45) is 1.44. The molecule has 1 amide bonds. The van der Waals surface area contributed by atoms with Gasteiger partial charge in [-0.3, -0.25) is 14.5 Å². The molecule has 1 aliphatic rings. The Morgan fingerprint density at radius 1 is 1.26 bits per heavy atom. The summed E-state index contributed by atoms with van der Waals surface area (Å²) in [5.41, 5.74) is 0.455. The number of carboxylic acids is 2. The van der Waals surface area contributed by atoms with Gasteiger partial charge in [-0.1, -0.05) is 35.6 Å². The minimum Gasteiger partial charge on any atom is -0.480 e. The van der Waals surface area contributed by atoms with Crippen molar-refractivity contribution in [2.75, 3.05) is 6.54 Å². The Kier molecular flexibility index (Phi) is 5.36. The van der Waals surface area contributed by atoms with Crippen molar-refractivity contribution >= 4 is 63.8 Å². The van der Waals surface area contributed by atoms with Gasteiger partial charge in [-0.15, -0.1) is 0 Å². The van der Waals surface area contributed by atoms with Crippen LogP contribution in [0.15, 0.2) is 39.7 Å². The van der Waals surface area contributed by atoms with E-state index < -0.39 is 24.4 Å². The Hall–Kier alpha value is -2.62. The number of halogens is 1. The normalized spacial score (nSPS) is 15.6. The Morgan fingerprint density at radius 2 is 2.00 bits per heavy atom. The van der Waals surface area contributed by atoms with Gasteiger partial charge in [0.2, 0.25) is 0 Å². The molecule has 2 N–H and O–H groups in total. The van der Waals surface area contributed by atoms with Crippen molar-refractivity contribution < 1.29 is 29.0 Å². The summed E-state index contributed by atoms with van der Waals surface area (Å²) < 4.78 is 5.80. The van der Waals surface area contributed by atoms with Crippen molar-refractivity contribution in [3.05, 3.63) is 51.6 Å². The second kappa shape index (κ2) is 7.55. The molecule has 1 aliphatic heterocycles. The number of benzene rings is 1. The Morgan fingerprint density at radius 3 is 2.67 bits per heavy atom. The summed E-state index contributed by atoms with van der Waals surface area (Å²) in [6, 6.07) is 7.41. The summed E-state index contributed by atoms with van der Waals surface area (Å²) in [5.74, 6) is -2.13. The fourth-order valence-corrected chi connectivity index (χ4v) is 3.77. The molecule has 1 aromatic carbocycles. The number of hydrogen-bond donors (Lipinski definition) is 2. The summed E-state index contributed by atoms with van der Waals surface area (Å²) in [4.78, 5) is 35.4. The Labute approximate surface area is 167 Å². The SMILES string of the molecule is O=C(O)CN1C(=O)/C(=C/c2ccc(-c3cc(C(=O)O)ccc3Cl)o2)SC1=S. The van der Waals surface area contributed by atoms with Gasteiger partial charge in [0.15, 0.2) is 0 Å². The number of thioether (sulfide) groups is 1. The number of amides is 1. The number of carboxylic acid groups (broad SMARTS) is 2.